The molecule has 0 saturated heterocycles. The van der Waals surface area contributed by atoms with Crippen molar-refractivity contribution in [2.75, 3.05) is 6.61 Å². The number of hydrogen-bond acceptors (Lipinski definition) is 1. The van der Waals surface area contributed by atoms with Crippen LogP contribution in [0, 0.1) is 0 Å². The summed E-state index contributed by atoms with van der Waals surface area (Å²) in [6.45, 7) is 4.36. The Morgan fingerprint density at radius 2 is 1.80 bits per heavy atom. The Hall–Kier alpha value is -0.440. The van der Waals surface area contributed by atoms with E-state index in [4.69, 9.17) is 5.11 Å². The second-order valence-electron chi connectivity index (χ2n) is 1.42. The smallest absolute Gasteiger partial charge is 0.289 e. The Balaban J connectivity index is 0. The molecule has 0 spiro atoms. The maximum absolute atomic E-state index is 11.8. The lowest BCUT2D eigenvalue weighted by molar-refractivity contribution is -0.00492. The third-order valence-electron chi connectivity index (χ3n) is 0.621. The molecule has 3 heteroatoms. The molecule has 0 aromatic carbocycles. The van der Waals surface area contributed by atoms with Crippen molar-refractivity contribution >= 4 is 0 Å². The highest BCUT2D eigenvalue weighted by Crippen LogP contribution is 2.12. The summed E-state index contributed by atoms with van der Waals surface area (Å²) in [5.74, 6) is -3.03. The zero-order chi connectivity index (χ0) is 8.62. The van der Waals surface area contributed by atoms with E-state index in [1.54, 1.807) is 0 Å². The van der Waals surface area contributed by atoms with E-state index in [1.165, 1.54) is 13.0 Å². The number of aliphatic hydroxyl groups is 1. The predicted molar refractivity (Wildman–Crippen MR) is 38.2 cm³/mol. The lowest BCUT2D eigenvalue weighted by Gasteiger charge is -2.04. The van der Waals surface area contributed by atoms with Gasteiger partial charge in [0.25, 0.3) is 5.92 Å². The Morgan fingerprint density at radius 3 is 1.90 bits per heavy atom. The SMILES string of the molecule is C/C=C/C(F)(F)CO.CC. The predicted octanol–water partition coefficient (Wildman–Crippen LogP) is 2.22. The minimum Gasteiger partial charge on any atom is -0.390 e. The molecule has 0 aliphatic carbocycles. The van der Waals surface area contributed by atoms with Crippen LogP contribution in [0.2, 0.25) is 0 Å². The summed E-state index contributed by atoms with van der Waals surface area (Å²) in [5, 5.41) is 7.92. The fourth-order valence-corrected chi connectivity index (χ4v) is 0.297. The molecule has 0 fully saturated rings. The molecule has 0 heterocycles. The summed E-state index contributed by atoms with van der Waals surface area (Å²) in [6, 6.07) is 0. The van der Waals surface area contributed by atoms with Crippen LogP contribution in [0.15, 0.2) is 12.2 Å². The first-order valence-electron chi connectivity index (χ1n) is 3.25. The van der Waals surface area contributed by atoms with Gasteiger partial charge in [0.1, 0.15) is 6.61 Å². The molecule has 0 aromatic heterocycles. The zero-order valence-corrected chi connectivity index (χ0v) is 6.56. The van der Waals surface area contributed by atoms with Gasteiger partial charge in [0.2, 0.25) is 0 Å². The van der Waals surface area contributed by atoms with E-state index in [2.05, 4.69) is 0 Å². The molecule has 0 radical (unpaired) electrons. The summed E-state index contributed by atoms with van der Waals surface area (Å²) < 4.78 is 23.6. The largest absolute Gasteiger partial charge is 0.390 e. The van der Waals surface area contributed by atoms with Gasteiger partial charge in [-0.2, -0.15) is 8.78 Å². The Bertz CT molecular complexity index is 89.6. The number of rotatable bonds is 2. The van der Waals surface area contributed by atoms with E-state index in [0.29, 0.717) is 6.08 Å². The second kappa shape index (κ2) is 6.68. The van der Waals surface area contributed by atoms with Crippen molar-refractivity contribution in [1.29, 1.82) is 0 Å². The van der Waals surface area contributed by atoms with Crippen molar-refractivity contribution < 1.29 is 13.9 Å². The highest BCUT2D eigenvalue weighted by Gasteiger charge is 2.21. The Morgan fingerprint density at radius 1 is 1.40 bits per heavy atom. The summed E-state index contributed by atoms with van der Waals surface area (Å²) in [5.41, 5.74) is 0. The first-order chi connectivity index (χ1) is 4.62. The van der Waals surface area contributed by atoms with Crippen molar-refractivity contribution in [2.24, 2.45) is 0 Å². The van der Waals surface area contributed by atoms with Crippen molar-refractivity contribution in [2.45, 2.75) is 26.7 Å². The quantitative estimate of drug-likeness (QED) is 0.601. The molecule has 1 nitrogen and oxygen atoms in total. The summed E-state index contributed by atoms with van der Waals surface area (Å²) in [4.78, 5) is 0. The van der Waals surface area contributed by atoms with Crippen LogP contribution in [-0.2, 0) is 0 Å². The van der Waals surface area contributed by atoms with E-state index in [1.807, 2.05) is 13.8 Å². The lowest BCUT2D eigenvalue weighted by Crippen LogP contribution is -2.16. The lowest BCUT2D eigenvalue weighted by atomic mass is 10.3. The zero-order valence-electron chi connectivity index (χ0n) is 6.56. The molecule has 10 heavy (non-hydrogen) atoms. The van der Waals surface area contributed by atoms with Crippen LogP contribution in [0.3, 0.4) is 0 Å². The molecule has 0 atom stereocenters. The summed E-state index contributed by atoms with van der Waals surface area (Å²) in [7, 11) is 0. The molecule has 0 aliphatic heterocycles. The highest BCUT2D eigenvalue weighted by molar-refractivity contribution is 4.91. The number of allylic oxidation sites excluding steroid dienone is 1. The molecule has 0 unspecified atom stereocenters. The molecule has 0 saturated carbocycles. The van der Waals surface area contributed by atoms with Crippen LogP contribution in [-0.4, -0.2) is 17.6 Å². The van der Waals surface area contributed by atoms with Gasteiger partial charge in [-0.05, 0) is 13.0 Å². The monoisotopic (exact) mass is 152 g/mol. The van der Waals surface area contributed by atoms with Crippen LogP contribution >= 0.6 is 0 Å². The third kappa shape index (κ3) is 7.56. The van der Waals surface area contributed by atoms with Crippen molar-refractivity contribution in [3.05, 3.63) is 12.2 Å². The van der Waals surface area contributed by atoms with E-state index >= 15 is 0 Å². The van der Waals surface area contributed by atoms with Crippen LogP contribution < -0.4 is 0 Å². The second-order valence-corrected chi connectivity index (χ2v) is 1.42. The molecule has 0 aromatic rings. The van der Waals surface area contributed by atoms with Crippen molar-refractivity contribution in [3.8, 4) is 0 Å². The molecule has 62 valence electrons. The molecule has 0 aliphatic rings. The standard InChI is InChI=1S/C5H8F2O.C2H6/c1-2-3-5(6,7)4-8;1-2/h2-3,8H,4H2,1H3;1-2H3/b3-2+;. The van der Waals surface area contributed by atoms with Crippen molar-refractivity contribution in [3.63, 3.8) is 0 Å². The fraction of sp³-hybridized carbons (Fsp3) is 0.714. The number of halogens is 2. The molecular formula is C7H14F2O. The number of alkyl halides is 2. The number of aliphatic hydroxyl groups excluding tert-OH is 1. The molecule has 1 N–H and O–H groups in total. The van der Waals surface area contributed by atoms with Crippen molar-refractivity contribution in [1.82, 2.24) is 0 Å². The molecule has 0 bridgehead atoms. The van der Waals surface area contributed by atoms with Gasteiger partial charge in [-0.15, -0.1) is 0 Å². The highest BCUT2D eigenvalue weighted by atomic mass is 19.3. The molecule has 0 rings (SSSR count). The van der Waals surface area contributed by atoms with E-state index in [-0.39, 0.29) is 0 Å². The van der Waals surface area contributed by atoms with Crippen LogP contribution in [0.1, 0.15) is 20.8 Å². The Labute approximate surface area is 60.4 Å². The van der Waals surface area contributed by atoms with E-state index in [0.717, 1.165) is 0 Å². The van der Waals surface area contributed by atoms with Gasteiger partial charge in [0.15, 0.2) is 0 Å². The van der Waals surface area contributed by atoms with Crippen LogP contribution in [0.4, 0.5) is 8.78 Å². The van der Waals surface area contributed by atoms with Gasteiger partial charge < -0.3 is 5.11 Å². The average Bonchev–Trinajstić information content (AvgIpc) is 1.93. The van der Waals surface area contributed by atoms with Gasteiger partial charge in [-0.25, -0.2) is 0 Å². The minimum atomic E-state index is -3.03. The Kier molecular flexibility index (Phi) is 8.18. The molecule has 0 amide bonds. The maximum atomic E-state index is 11.8. The number of hydrogen-bond donors (Lipinski definition) is 1. The summed E-state index contributed by atoms with van der Waals surface area (Å²) >= 11 is 0. The first kappa shape index (κ1) is 12.3. The average molecular weight is 152 g/mol. The summed E-state index contributed by atoms with van der Waals surface area (Å²) in [6.07, 6.45) is 1.86. The van der Waals surface area contributed by atoms with Gasteiger partial charge in [-0.3, -0.25) is 0 Å². The first-order valence-corrected chi connectivity index (χ1v) is 3.25. The van der Waals surface area contributed by atoms with Crippen LogP contribution in [0.5, 0.6) is 0 Å². The van der Waals surface area contributed by atoms with Gasteiger partial charge in [0.05, 0.1) is 0 Å². The molecular weight excluding hydrogens is 138 g/mol. The minimum absolute atomic E-state index is 0.660. The van der Waals surface area contributed by atoms with E-state index < -0.39 is 12.5 Å². The topological polar surface area (TPSA) is 20.2 Å². The van der Waals surface area contributed by atoms with Gasteiger partial charge in [-0.1, -0.05) is 19.9 Å². The maximum Gasteiger partial charge on any atom is 0.289 e. The fourth-order valence-electron chi connectivity index (χ4n) is 0.297. The van der Waals surface area contributed by atoms with Gasteiger partial charge in [0, 0.05) is 0 Å². The van der Waals surface area contributed by atoms with Crippen LogP contribution in [0.25, 0.3) is 0 Å². The normalized spacial score (nSPS) is 11.0. The van der Waals surface area contributed by atoms with Gasteiger partial charge >= 0.3 is 0 Å². The van der Waals surface area contributed by atoms with E-state index in [9.17, 15) is 8.78 Å². The third-order valence-corrected chi connectivity index (χ3v) is 0.621.